The smallest absolute Gasteiger partial charge is 0.332 e. The first kappa shape index (κ1) is 53.7. The lowest BCUT2D eigenvalue weighted by molar-refractivity contribution is -0.155. The largest absolute Gasteiger partial charge is 0.461 e. The zero-order valence-electron chi connectivity index (χ0n) is 36.4. The maximum atomic E-state index is 12.3. The van der Waals surface area contributed by atoms with Gasteiger partial charge >= 0.3 is 5.97 Å². The summed E-state index contributed by atoms with van der Waals surface area (Å²) < 4.78 is 33.7. The lowest BCUT2D eigenvalue weighted by Gasteiger charge is -2.18. The Morgan fingerprint density at radius 3 is 1.31 bits per heavy atom. The fraction of sp³-hybridized carbons (Fsp3) is 0.894. The number of ether oxygens (including phenoxy) is 6. The predicted molar refractivity (Wildman–Crippen MR) is 232 cm³/mol. The molecule has 0 rings (SSSR count). The molecule has 1 atom stereocenters. The van der Waals surface area contributed by atoms with E-state index in [-0.39, 0.29) is 19.3 Å². The Kier molecular flexibility index (Phi) is 47.7. The van der Waals surface area contributed by atoms with Crippen molar-refractivity contribution in [3.63, 3.8) is 0 Å². The SMILES string of the molecule is CCCCCCCC/C=C\CCCCCCCCOCC(COC(=O)COCCOCCOCCN)OCCCCCCCC/C=C\CCCCCCCC. The van der Waals surface area contributed by atoms with Crippen molar-refractivity contribution in [1.29, 1.82) is 0 Å². The first-order valence-corrected chi connectivity index (χ1v) is 23.3. The molecule has 0 aliphatic carbocycles. The minimum atomic E-state index is -0.398. The highest BCUT2D eigenvalue weighted by Crippen LogP contribution is 2.12. The van der Waals surface area contributed by atoms with Crippen LogP contribution in [0.1, 0.15) is 194 Å². The van der Waals surface area contributed by atoms with Gasteiger partial charge in [-0.2, -0.15) is 0 Å². The van der Waals surface area contributed by atoms with E-state index >= 15 is 0 Å². The summed E-state index contributed by atoms with van der Waals surface area (Å²) in [4.78, 5) is 12.3. The van der Waals surface area contributed by atoms with Gasteiger partial charge in [0, 0.05) is 19.8 Å². The van der Waals surface area contributed by atoms with E-state index < -0.39 is 5.97 Å². The molecule has 0 spiro atoms. The number of esters is 1. The Bertz CT molecular complexity index is 793. The zero-order valence-corrected chi connectivity index (χ0v) is 36.4. The van der Waals surface area contributed by atoms with Gasteiger partial charge in [0.25, 0.3) is 0 Å². The second-order valence-electron chi connectivity index (χ2n) is 15.2. The van der Waals surface area contributed by atoms with E-state index in [9.17, 15) is 4.79 Å². The first-order valence-electron chi connectivity index (χ1n) is 23.3. The van der Waals surface area contributed by atoms with Crippen molar-refractivity contribution >= 4 is 5.97 Å². The van der Waals surface area contributed by atoms with Gasteiger partial charge in [-0.15, -0.1) is 0 Å². The van der Waals surface area contributed by atoms with E-state index in [1.807, 2.05) is 0 Å². The van der Waals surface area contributed by atoms with Crippen LogP contribution in [0.4, 0.5) is 0 Å². The quantitative estimate of drug-likeness (QED) is 0.0370. The average Bonchev–Trinajstić information content (AvgIpc) is 3.19. The van der Waals surface area contributed by atoms with Gasteiger partial charge in [0.05, 0.1) is 39.6 Å². The molecule has 0 saturated heterocycles. The monoisotopic (exact) mass is 782 g/mol. The Hall–Kier alpha value is -1.29. The van der Waals surface area contributed by atoms with Crippen LogP contribution < -0.4 is 5.73 Å². The molecule has 0 heterocycles. The summed E-state index contributed by atoms with van der Waals surface area (Å²) >= 11 is 0. The third-order valence-corrected chi connectivity index (χ3v) is 9.77. The molecule has 0 saturated carbocycles. The van der Waals surface area contributed by atoms with Crippen LogP contribution in [0.2, 0.25) is 0 Å². The zero-order chi connectivity index (χ0) is 39.8. The van der Waals surface area contributed by atoms with Crippen molar-refractivity contribution in [3.8, 4) is 0 Å². The van der Waals surface area contributed by atoms with Crippen molar-refractivity contribution in [1.82, 2.24) is 0 Å². The summed E-state index contributed by atoms with van der Waals surface area (Å²) in [5, 5.41) is 0. The van der Waals surface area contributed by atoms with Crippen LogP contribution >= 0.6 is 0 Å². The Balaban J connectivity index is 4.08. The molecule has 8 heteroatoms. The van der Waals surface area contributed by atoms with Crippen LogP contribution in [-0.2, 0) is 33.2 Å². The molecule has 0 bridgehead atoms. The van der Waals surface area contributed by atoms with Crippen LogP contribution in [0, 0.1) is 0 Å². The summed E-state index contributed by atoms with van der Waals surface area (Å²) in [5.41, 5.74) is 5.40. The lowest BCUT2D eigenvalue weighted by atomic mass is 10.1. The Labute approximate surface area is 340 Å². The normalized spacial score (nSPS) is 12.4. The molecule has 0 aromatic rings. The molecule has 0 aliphatic rings. The topological polar surface area (TPSA) is 98.5 Å². The molecule has 55 heavy (non-hydrogen) atoms. The van der Waals surface area contributed by atoms with Gasteiger partial charge in [-0.3, -0.25) is 0 Å². The highest BCUT2D eigenvalue weighted by atomic mass is 16.6. The number of carbonyl (C=O) groups is 1. The summed E-state index contributed by atoms with van der Waals surface area (Å²) in [6.07, 6.45) is 45.3. The minimum Gasteiger partial charge on any atom is -0.461 e. The van der Waals surface area contributed by atoms with Gasteiger partial charge in [-0.1, -0.05) is 154 Å². The first-order chi connectivity index (χ1) is 27.2. The van der Waals surface area contributed by atoms with Crippen LogP contribution in [0.25, 0.3) is 0 Å². The second kappa shape index (κ2) is 48.9. The van der Waals surface area contributed by atoms with Gasteiger partial charge < -0.3 is 34.2 Å². The fourth-order valence-corrected chi connectivity index (χ4v) is 6.32. The highest BCUT2D eigenvalue weighted by molar-refractivity contribution is 5.70. The summed E-state index contributed by atoms with van der Waals surface area (Å²) in [5.74, 6) is -0.398. The van der Waals surface area contributed by atoms with Crippen molar-refractivity contribution in [2.24, 2.45) is 5.73 Å². The standard InChI is InChI=1S/C47H91NO7/c1-3-5-7-9-11-13-15-17-19-21-23-25-27-29-31-33-36-52-43-46(44-55-47(49)45-53-42-41-51-40-39-50-38-35-48)54-37-34-32-30-28-26-24-22-20-18-16-14-12-10-8-6-4-2/h17-20,46H,3-16,21-45,48H2,1-2H3/b19-17-,20-18-. The van der Waals surface area contributed by atoms with E-state index in [0.717, 1.165) is 19.3 Å². The van der Waals surface area contributed by atoms with E-state index in [4.69, 9.17) is 34.2 Å². The van der Waals surface area contributed by atoms with Gasteiger partial charge in [0.15, 0.2) is 0 Å². The molecule has 326 valence electrons. The molecule has 0 aromatic heterocycles. The number of hydrogen-bond donors (Lipinski definition) is 1. The summed E-state index contributed by atoms with van der Waals surface area (Å²) in [6.45, 7) is 9.14. The Morgan fingerprint density at radius 1 is 0.436 bits per heavy atom. The van der Waals surface area contributed by atoms with Crippen LogP contribution in [0.5, 0.6) is 0 Å². The molecule has 0 radical (unpaired) electrons. The number of carbonyl (C=O) groups excluding carboxylic acids is 1. The minimum absolute atomic E-state index is 0.106. The second-order valence-corrected chi connectivity index (χ2v) is 15.2. The van der Waals surface area contributed by atoms with Crippen molar-refractivity contribution < 1.29 is 33.2 Å². The van der Waals surface area contributed by atoms with Gasteiger partial charge in [0.2, 0.25) is 0 Å². The molecular formula is C47H91NO7. The van der Waals surface area contributed by atoms with Crippen molar-refractivity contribution in [2.75, 3.05) is 72.6 Å². The molecule has 0 aromatic carbocycles. The molecule has 0 aliphatic heterocycles. The average molecular weight is 782 g/mol. The highest BCUT2D eigenvalue weighted by Gasteiger charge is 2.14. The van der Waals surface area contributed by atoms with Crippen molar-refractivity contribution in [3.05, 3.63) is 24.3 Å². The van der Waals surface area contributed by atoms with Gasteiger partial charge in [0.1, 0.15) is 19.3 Å². The van der Waals surface area contributed by atoms with Crippen LogP contribution in [0.3, 0.4) is 0 Å². The van der Waals surface area contributed by atoms with E-state index in [1.54, 1.807) is 0 Å². The van der Waals surface area contributed by atoms with Crippen molar-refractivity contribution in [2.45, 2.75) is 200 Å². The van der Waals surface area contributed by atoms with Gasteiger partial charge in [-0.05, 0) is 64.2 Å². The third kappa shape index (κ3) is 47.0. The molecular weight excluding hydrogens is 691 g/mol. The number of nitrogens with two attached hydrogens (primary N) is 1. The Morgan fingerprint density at radius 2 is 0.836 bits per heavy atom. The summed E-state index contributed by atoms with van der Waals surface area (Å²) in [6, 6.07) is 0. The van der Waals surface area contributed by atoms with E-state index in [1.165, 1.54) is 161 Å². The molecule has 8 nitrogen and oxygen atoms in total. The number of rotatable bonds is 47. The van der Waals surface area contributed by atoms with E-state index in [0.29, 0.717) is 59.4 Å². The molecule has 1 unspecified atom stereocenters. The number of hydrogen-bond acceptors (Lipinski definition) is 8. The maximum absolute atomic E-state index is 12.3. The van der Waals surface area contributed by atoms with Gasteiger partial charge in [-0.25, -0.2) is 4.79 Å². The predicted octanol–water partition coefficient (Wildman–Crippen LogP) is 12.0. The van der Waals surface area contributed by atoms with E-state index in [2.05, 4.69) is 38.2 Å². The number of unbranched alkanes of at least 4 members (excludes halogenated alkanes) is 24. The molecule has 0 amide bonds. The molecule has 2 N–H and O–H groups in total. The van der Waals surface area contributed by atoms with Crippen LogP contribution in [-0.4, -0.2) is 84.7 Å². The molecule has 0 fully saturated rings. The maximum Gasteiger partial charge on any atom is 0.332 e. The summed E-state index contributed by atoms with van der Waals surface area (Å²) in [7, 11) is 0. The lowest BCUT2D eigenvalue weighted by Crippen LogP contribution is -2.29. The van der Waals surface area contributed by atoms with Crippen LogP contribution in [0.15, 0.2) is 24.3 Å². The fourth-order valence-electron chi connectivity index (χ4n) is 6.32. The number of allylic oxidation sites excluding steroid dienone is 4. The third-order valence-electron chi connectivity index (χ3n) is 9.77.